The molecule has 0 aliphatic carbocycles. The molecule has 2 heterocycles. The van der Waals surface area contributed by atoms with E-state index in [0.29, 0.717) is 21.5 Å². The molecule has 0 atom stereocenters. The zero-order valence-corrected chi connectivity index (χ0v) is 15.9. The van der Waals surface area contributed by atoms with E-state index in [4.69, 9.17) is 27.9 Å². The summed E-state index contributed by atoms with van der Waals surface area (Å²) in [5, 5.41) is 6.36. The minimum atomic E-state index is -0.244. The molecule has 0 bridgehead atoms. The average molecular weight is 406 g/mol. The van der Waals surface area contributed by atoms with Gasteiger partial charge in [-0.1, -0.05) is 23.2 Å². The molecule has 26 heavy (non-hydrogen) atoms. The first-order valence-corrected chi connectivity index (χ1v) is 9.13. The fourth-order valence-electron chi connectivity index (χ4n) is 2.00. The van der Waals surface area contributed by atoms with Gasteiger partial charge < -0.3 is 10.1 Å². The van der Waals surface area contributed by atoms with Crippen LogP contribution in [-0.4, -0.2) is 15.9 Å². The number of nitrogens with zero attached hydrogens (tertiary/aromatic N) is 2. The van der Waals surface area contributed by atoms with Crippen molar-refractivity contribution < 1.29 is 9.53 Å². The largest absolute Gasteiger partial charge is 0.438 e. The number of hydrogen-bond acceptors (Lipinski definition) is 5. The Balaban J connectivity index is 1.60. The van der Waals surface area contributed by atoms with Crippen LogP contribution in [0.25, 0.3) is 6.08 Å². The van der Waals surface area contributed by atoms with Gasteiger partial charge in [-0.15, -0.1) is 11.3 Å². The maximum absolute atomic E-state index is 12.0. The van der Waals surface area contributed by atoms with Gasteiger partial charge in [0, 0.05) is 23.3 Å². The molecule has 132 valence electrons. The fourth-order valence-corrected chi connectivity index (χ4v) is 3.00. The van der Waals surface area contributed by atoms with Crippen LogP contribution in [0.1, 0.15) is 10.7 Å². The molecule has 1 N–H and O–H groups in total. The Labute approximate surface area is 164 Å². The average Bonchev–Trinajstić information content (AvgIpc) is 3.03. The molecule has 0 aliphatic rings. The minimum absolute atomic E-state index is 0.244. The molecule has 0 radical (unpaired) electrons. The molecule has 1 amide bonds. The standard InChI is InChI=1S/C18H13Cl2N3O2S/c1-11-22-14(10-26-11)4-7-17(24)23-13-2-5-15(6-3-13)25-18-16(20)8-12(19)9-21-18/h2-10H,1H3,(H,23,24)/b7-4+. The molecule has 1 aromatic carbocycles. The Kier molecular flexibility index (Phi) is 5.88. The van der Waals surface area contributed by atoms with Gasteiger partial charge in [0.25, 0.3) is 0 Å². The molecule has 0 saturated carbocycles. The number of ether oxygens (including phenoxy) is 1. The van der Waals surface area contributed by atoms with Crippen molar-refractivity contribution in [1.29, 1.82) is 0 Å². The van der Waals surface area contributed by atoms with Crippen molar-refractivity contribution in [3.05, 3.63) is 68.7 Å². The summed E-state index contributed by atoms with van der Waals surface area (Å²) in [4.78, 5) is 20.2. The first-order chi connectivity index (χ1) is 12.5. The molecule has 0 unspecified atom stereocenters. The van der Waals surface area contributed by atoms with Gasteiger partial charge in [0.1, 0.15) is 10.8 Å². The molecular weight excluding hydrogens is 393 g/mol. The van der Waals surface area contributed by atoms with Gasteiger partial charge in [-0.25, -0.2) is 9.97 Å². The molecule has 5 nitrogen and oxygen atoms in total. The summed E-state index contributed by atoms with van der Waals surface area (Å²) in [5.74, 6) is 0.550. The first-order valence-electron chi connectivity index (χ1n) is 7.50. The van der Waals surface area contributed by atoms with E-state index in [0.717, 1.165) is 10.7 Å². The predicted octanol–water partition coefficient (Wildman–Crippen LogP) is 5.60. The third-order valence-corrected chi connectivity index (χ3v) is 4.42. The van der Waals surface area contributed by atoms with E-state index in [-0.39, 0.29) is 11.8 Å². The molecule has 0 spiro atoms. The third kappa shape index (κ3) is 5.05. The van der Waals surface area contributed by atoms with Gasteiger partial charge in [0.15, 0.2) is 0 Å². The molecular formula is C18H13Cl2N3O2S. The summed E-state index contributed by atoms with van der Waals surface area (Å²) in [6.45, 7) is 1.92. The Morgan fingerprint density at radius 1 is 1.27 bits per heavy atom. The van der Waals surface area contributed by atoms with Crippen LogP contribution in [0.15, 0.2) is 48.0 Å². The zero-order chi connectivity index (χ0) is 18.5. The van der Waals surface area contributed by atoms with E-state index in [1.165, 1.54) is 23.6 Å². The molecule has 2 aromatic heterocycles. The van der Waals surface area contributed by atoms with Crippen LogP contribution in [0.5, 0.6) is 11.6 Å². The van der Waals surface area contributed by atoms with Crippen molar-refractivity contribution in [2.24, 2.45) is 0 Å². The highest BCUT2D eigenvalue weighted by Gasteiger charge is 2.06. The third-order valence-electron chi connectivity index (χ3n) is 3.15. The summed E-state index contributed by atoms with van der Waals surface area (Å²) >= 11 is 13.4. The quantitative estimate of drug-likeness (QED) is 0.561. The van der Waals surface area contributed by atoms with Crippen molar-refractivity contribution >= 4 is 52.2 Å². The Bertz CT molecular complexity index is 955. The van der Waals surface area contributed by atoms with Crippen molar-refractivity contribution in [3.63, 3.8) is 0 Å². The van der Waals surface area contributed by atoms with Gasteiger partial charge in [-0.2, -0.15) is 0 Å². The molecule has 8 heteroatoms. The van der Waals surface area contributed by atoms with Gasteiger partial charge in [-0.3, -0.25) is 4.79 Å². The molecule has 0 aliphatic heterocycles. The highest BCUT2D eigenvalue weighted by molar-refractivity contribution is 7.09. The van der Waals surface area contributed by atoms with Crippen molar-refractivity contribution in [1.82, 2.24) is 9.97 Å². The number of amides is 1. The monoisotopic (exact) mass is 405 g/mol. The number of aromatic nitrogens is 2. The second kappa shape index (κ2) is 8.31. The summed E-state index contributed by atoms with van der Waals surface area (Å²) < 4.78 is 5.60. The second-order valence-corrected chi connectivity index (χ2v) is 7.09. The van der Waals surface area contributed by atoms with E-state index in [9.17, 15) is 4.79 Å². The van der Waals surface area contributed by atoms with Crippen LogP contribution in [-0.2, 0) is 4.79 Å². The first kappa shape index (κ1) is 18.4. The summed E-state index contributed by atoms with van der Waals surface area (Å²) in [5.41, 5.74) is 1.40. The maximum Gasteiger partial charge on any atom is 0.248 e. The van der Waals surface area contributed by atoms with Gasteiger partial charge in [0.05, 0.1) is 15.7 Å². The van der Waals surface area contributed by atoms with E-state index >= 15 is 0 Å². The summed E-state index contributed by atoms with van der Waals surface area (Å²) in [7, 11) is 0. The van der Waals surface area contributed by atoms with Crippen LogP contribution < -0.4 is 10.1 Å². The number of carbonyl (C=O) groups is 1. The highest BCUT2D eigenvalue weighted by Crippen LogP contribution is 2.29. The molecule has 0 fully saturated rings. The summed E-state index contributed by atoms with van der Waals surface area (Å²) in [6, 6.07) is 8.40. The van der Waals surface area contributed by atoms with E-state index in [1.807, 2.05) is 12.3 Å². The van der Waals surface area contributed by atoms with Crippen LogP contribution in [0.4, 0.5) is 5.69 Å². The topological polar surface area (TPSA) is 64.1 Å². The van der Waals surface area contributed by atoms with Crippen LogP contribution in [0, 0.1) is 6.92 Å². The van der Waals surface area contributed by atoms with Crippen LogP contribution in [0.3, 0.4) is 0 Å². The number of aryl methyl sites for hydroxylation is 1. The fraction of sp³-hybridized carbons (Fsp3) is 0.0556. The number of nitrogens with one attached hydrogen (secondary N) is 1. The number of anilines is 1. The number of carbonyl (C=O) groups excluding carboxylic acids is 1. The van der Waals surface area contributed by atoms with Crippen molar-refractivity contribution in [2.45, 2.75) is 6.92 Å². The van der Waals surface area contributed by atoms with E-state index < -0.39 is 0 Å². The normalized spacial score (nSPS) is 10.9. The number of halogens is 2. The Morgan fingerprint density at radius 3 is 2.69 bits per heavy atom. The smallest absolute Gasteiger partial charge is 0.248 e. The van der Waals surface area contributed by atoms with Crippen molar-refractivity contribution in [2.75, 3.05) is 5.32 Å². The predicted molar refractivity (Wildman–Crippen MR) is 105 cm³/mol. The Hall–Kier alpha value is -2.41. The maximum atomic E-state index is 12.0. The number of benzene rings is 1. The van der Waals surface area contributed by atoms with Crippen LogP contribution in [0.2, 0.25) is 10.0 Å². The van der Waals surface area contributed by atoms with E-state index in [1.54, 1.807) is 36.4 Å². The highest BCUT2D eigenvalue weighted by atomic mass is 35.5. The lowest BCUT2D eigenvalue weighted by atomic mass is 10.3. The van der Waals surface area contributed by atoms with Gasteiger partial charge in [0.2, 0.25) is 11.8 Å². The van der Waals surface area contributed by atoms with Gasteiger partial charge in [-0.05, 0) is 43.3 Å². The lowest BCUT2D eigenvalue weighted by molar-refractivity contribution is -0.111. The molecule has 0 saturated heterocycles. The van der Waals surface area contributed by atoms with E-state index in [2.05, 4.69) is 15.3 Å². The van der Waals surface area contributed by atoms with Crippen molar-refractivity contribution in [3.8, 4) is 11.6 Å². The zero-order valence-electron chi connectivity index (χ0n) is 13.6. The molecule has 3 aromatic rings. The number of thiazole rings is 1. The Morgan fingerprint density at radius 2 is 2.04 bits per heavy atom. The van der Waals surface area contributed by atoms with Crippen LogP contribution >= 0.6 is 34.5 Å². The number of pyridine rings is 1. The molecule has 3 rings (SSSR count). The van der Waals surface area contributed by atoms with Gasteiger partial charge >= 0.3 is 0 Å². The number of rotatable bonds is 5. The minimum Gasteiger partial charge on any atom is -0.438 e. The SMILES string of the molecule is Cc1nc(/C=C/C(=O)Nc2ccc(Oc3ncc(Cl)cc3Cl)cc2)cs1. The summed E-state index contributed by atoms with van der Waals surface area (Å²) in [6.07, 6.45) is 4.56. The lowest BCUT2D eigenvalue weighted by Gasteiger charge is -2.08. The second-order valence-electron chi connectivity index (χ2n) is 5.18. The number of hydrogen-bond donors (Lipinski definition) is 1. The lowest BCUT2D eigenvalue weighted by Crippen LogP contribution is -2.07.